The second-order valence-electron chi connectivity index (χ2n) is 8.40. The summed E-state index contributed by atoms with van der Waals surface area (Å²) >= 11 is 1.78. The van der Waals surface area contributed by atoms with Crippen molar-refractivity contribution in [1.29, 1.82) is 0 Å². The molecule has 4 rings (SSSR count). The van der Waals surface area contributed by atoms with E-state index in [0.29, 0.717) is 13.0 Å². The quantitative estimate of drug-likeness (QED) is 0.520. The molecule has 3 aromatic carbocycles. The minimum absolute atomic E-state index is 0.0185. The molecule has 4 nitrogen and oxygen atoms in total. The number of aliphatic hydroxyl groups is 1. The van der Waals surface area contributed by atoms with Gasteiger partial charge in [0.05, 0.1) is 23.1 Å². The van der Waals surface area contributed by atoms with Gasteiger partial charge in [0, 0.05) is 11.8 Å². The highest BCUT2D eigenvalue weighted by Crippen LogP contribution is 2.52. The summed E-state index contributed by atoms with van der Waals surface area (Å²) in [6, 6.07) is 30.8. The van der Waals surface area contributed by atoms with Gasteiger partial charge in [-0.25, -0.2) is 8.42 Å². The van der Waals surface area contributed by atoms with Crippen molar-refractivity contribution in [2.24, 2.45) is 0 Å². The van der Waals surface area contributed by atoms with E-state index < -0.39 is 26.9 Å². The number of hydrogen-bond donors (Lipinski definition) is 1. The van der Waals surface area contributed by atoms with Gasteiger partial charge in [-0.3, -0.25) is 0 Å². The van der Waals surface area contributed by atoms with Crippen LogP contribution in [0.1, 0.15) is 30.0 Å². The first kappa shape index (κ1) is 23.1. The van der Waals surface area contributed by atoms with Crippen molar-refractivity contribution >= 4 is 21.8 Å². The lowest BCUT2D eigenvalue weighted by atomic mass is 9.84. The minimum Gasteiger partial charge on any atom is -0.392 e. The third-order valence-electron chi connectivity index (χ3n) is 6.13. The van der Waals surface area contributed by atoms with Crippen molar-refractivity contribution in [1.82, 2.24) is 4.31 Å². The molecule has 3 aromatic rings. The fraction of sp³-hybridized carbons (Fsp3) is 0.308. The zero-order valence-corrected chi connectivity index (χ0v) is 20.0. The SMILES string of the molecule is C[C@@H](O)C1C[C@@H](SC(c2ccccc2)(c2ccccc2)c2ccccc2)CN1S(C)(=O)=O. The number of rotatable bonds is 7. The molecule has 0 bridgehead atoms. The van der Waals surface area contributed by atoms with E-state index in [9.17, 15) is 13.5 Å². The van der Waals surface area contributed by atoms with Crippen molar-refractivity contribution < 1.29 is 13.5 Å². The number of sulfonamides is 1. The molecule has 1 saturated heterocycles. The summed E-state index contributed by atoms with van der Waals surface area (Å²) in [5.41, 5.74) is 3.44. The van der Waals surface area contributed by atoms with Crippen LogP contribution in [0.25, 0.3) is 0 Å². The van der Waals surface area contributed by atoms with E-state index in [-0.39, 0.29) is 5.25 Å². The predicted octanol–water partition coefficient (Wildman–Crippen LogP) is 4.50. The van der Waals surface area contributed by atoms with Gasteiger partial charge < -0.3 is 5.11 Å². The Balaban J connectivity index is 1.86. The van der Waals surface area contributed by atoms with Gasteiger partial charge in [-0.2, -0.15) is 4.31 Å². The van der Waals surface area contributed by atoms with Gasteiger partial charge in [0.2, 0.25) is 10.0 Å². The standard InChI is InChI=1S/C26H29NO3S2/c1-20(28)25-18-24(19-27(25)32(2,29)30)31-26(21-12-6-3-7-13-21,22-14-8-4-9-15-22)23-16-10-5-11-17-23/h3-17,20,24-25,28H,18-19H2,1-2H3/t20-,24-,25?/m1/s1. The largest absolute Gasteiger partial charge is 0.392 e. The summed E-state index contributed by atoms with van der Waals surface area (Å²) in [5, 5.41) is 10.4. The van der Waals surface area contributed by atoms with E-state index in [1.54, 1.807) is 18.7 Å². The lowest BCUT2D eigenvalue weighted by molar-refractivity contribution is 0.123. The fourth-order valence-electron chi connectivity index (χ4n) is 4.67. The molecule has 168 valence electrons. The first-order valence-corrected chi connectivity index (χ1v) is 13.5. The molecule has 0 aromatic heterocycles. The minimum atomic E-state index is -3.42. The van der Waals surface area contributed by atoms with Gasteiger partial charge in [-0.1, -0.05) is 91.0 Å². The van der Waals surface area contributed by atoms with Crippen molar-refractivity contribution in [3.63, 3.8) is 0 Å². The molecule has 6 heteroatoms. The Morgan fingerprint density at radius 2 is 1.28 bits per heavy atom. The maximum absolute atomic E-state index is 12.5. The summed E-state index contributed by atoms with van der Waals surface area (Å²) in [5.74, 6) is 0. The van der Waals surface area contributed by atoms with E-state index in [0.717, 1.165) is 16.7 Å². The van der Waals surface area contributed by atoms with Crippen LogP contribution in [-0.2, 0) is 14.8 Å². The molecule has 1 N–H and O–H groups in total. The van der Waals surface area contributed by atoms with E-state index in [1.165, 1.54) is 10.6 Å². The number of hydrogen-bond acceptors (Lipinski definition) is 4. The Hall–Kier alpha value is -2.12. The van der Waals surface area contributed by atoms with Crippen LogP contribution in [0.4, 0.5) is 0 Å². The van der Waals surface area contributed by atoms with Crippen molar-refractivity contribution in [3.05, 3.63) is 108 Å². The van der Waals surface area contributed by atoms with Gasteiger partial charge >= 0.3 is 0 Å². The first-order chi connectivity index (χ1) is 15.3. The fourth-order valence-corrected chi connectivity index (χ4v) is 7.82. The average molecular weight is 468 g/mol. The Morgan fingerprint density at radius 3 is 1.59 bits per heavy atom. The van der Waals surface area contributed by atoms with Crippen LogP contribution < -0.4 is 0 Å². The molecule has 0 radical (unpaired) electrons. The summed E-state index contributed by atoms with van der Waals surface area (Å²) in [6.07, 6.45) is 1.10. The topological polar surface area (TPSA) is 57.6 Å². The van der Waals surface area contributed by atoms with Crippen molar-refractivity contribution in [3.8, 4) is 0 Å². The molecule has 1 aliphatic rings. The zero-order valence-electron chi connectivity index (χ0n) is 18.3. The summed E-state index contributed by atoms with van der Waals surface area (Å²) in [4.78, 5) is 0. The first-order valence-electron chi connectivity index (χ1n) is 10.8. The van der Waals surface area contributed by atoms with Crippen LogP contribution in [0.3, 0.4) is 0 Å². The number of benzene rings is 3. The lowest BCUT2D eigenvalue weighted by Gasteiger charge is -2.37. The second kappa shape index (κ2) is 9.40. The summed E-state index contributed by atoms with van der Waals surface area (Å²) in [7, 11) is -3.42. The molecule has 1 fully saturated rings. The molecule has 0 amide bonds. The Labute approximate surface area is 195 Å². The maximum Gasteiger partial charge on any atom is 0.211 e. The molecule has 1 aliphatic heterocycles. The number of thioether (sulfide) groups is 1. The second-order valence-corrected chi connectivity index (χ2v) is 11.8. The normalized spacial score (nSPS) is 20.8. The third kappa shape index (κ3) is 4.50. The van der Waals surface area contributed by atoms with Crippen LogP contribution in [0.5, 0.6) is 0 Å². The molecule has 1 heterocycles. The smallest absolute Gasteiger partial charge is 0.211 e. The monoisotopic (exact) mass is 467 g/mol. The molecule has 0 spiro atoms. The molecule has 3 atom stereocenters. The van der Waals surface area contributed by atoms with E-state index in [1.807, 2.05) is 54.6 Å². The van der Waals surface area contributed by atoms with Crippen LogP contribution >= 0.6 is 11.8 Å². The molecule has 0 aliphatic carbocycles. The molecule has 0 saturated carbocycles. The number of nitrogens with zero attached hydrogens (tertiary/aromatic N) is 1. The summed E-state index contributed by atoms with van der Waals surface area (Å²) < 4.78 is 25.9. The highest BCUT2D eigenvalue weighted by Gasteiger charge is 2.46. The van der Waals surface area contributed by atoms with E-state index in [4.69, 9.17) is 0 Å². The third-order valence-corrected chi connectivity index (χ3v) is 9.13. The van der Waals surface area contributed by atoms with Gasteiger partial charge in [0.1, 0.15) is 0 Å². The Bertz CT molecular complexity index is 1020. The molecular weight excluding hydrogens is 438 g/mol. The summed E-state index contributed by atoms with van der Waals surface area (Å²) in [6.45, 7) is 2.06. The Morgan fingerprint density at radius 1 is 0.875 bits per heavy atom. The van der Waals surface area contributed by atoms with Crippen LogP contribution in [0.15, 0.2) is 91.0 Å². The zero-order chi connectivity index (χ0) is 22.8. The highest BCUT2D eigenvalue weighted by molar-refractivity contribution is 8.01. The lowest BCUT2D eigenvalue weighted by Crippen LogP contribution is -2.41. The van der Waals surface area contributed by atoms with E-state index in [2.05, 4.69) is 36.4 Å². The van der Waals surface area contributed by atoms with Crippen molar-refractivity contribution in [2.75, 3.05) is 12.8 Å². The molecule has 32 heavy (non-hydrogen) atoms. The predicted molar refractivity (Wildman–Crippen MR) is 132 cm³/mol. The van der Waals surface area contributed by atoms with Gasteiger partial charge in [0.25, 0.3) is 0 Å². The van der Waals surface area contributed by atoms with E-state index >= 15 is 0 Å². The van der Waals surface area contributed by atoms with Crippen LogP contribution in [0.2, 0.25) is 0 Å². The van der Waals surface area contributed by atoms with Crippen molar-refractivity contribution in [2.45, 2.75) is 35.5 Å². The van der Waals surface area contributed by atoms with Gasteiger partial charge in [-0.05, 0) is 30.0 Å². The van der Waals surface area contributed by atoms with Crippen LogP contribution in [-0.4, -0.2) is 48.0 Å². The maximum atomic E-state index is 12.5. The number of aliphatic hydroxyl groups excluding tert-OH is 1. The molecular formula is C26H29NO3S2. The molecule has 1 unspecified atom stereocenters. The highest BCUT2D eigenvalue weighted by atomic mass is 32.2. The average Bonchev–Trinajstić information content (AvgIpc) is 3.24. The van der Waals surface area contributed by atoms with Gasteiger partial charge in [0.15, 0.2) is 0 Å². The Kier molecular flexibility index (Phi) is 6.77. The van der Waals surface area contributed by atoms with Gasteiger partial charge in [-0.15, -0.1) is 11.8 Å². The van der Waals surface area contributed by atoms with Crippen LogP contribution in [0, 0.1) is 0 Å².